The molecular formula is C13H9BrCl3N. The second-order valence-corrected chi connectivity index (χ2v) is 5.69. The van der Waals surface area contributed by atoms with Crippen molar-refractivity contribution in [2.45, 2.75) is 6.54 Å². The lowest BCUT2D eigenvalue weighted by Gasteiger charge is -2.11. The normalized spacial score (nSPS) is 10.4. The monoisotopic (exact) mass is 363 g/mol. The van der Waals surface area contributed by atoms with Crippen LogP contribution in [0.5, 0.6) is 0 Å². The predicted octanol–water partition coefficient (Wildman–Crippen LogP) is 6.02. The Bertz CT molecular complexity index is 572. The molecule has 94 valence electrons. The van der Waals surface area contributed by atoms with E-state index in [4.69, 9.17) is 34.8 Å². The van der Waals surface area contributed by atoms with Gasteiger partial charge in [0.25, 0.3) is 0 Å². The summed E-state index contributed by atoms with van der Waals surface area (Å²) in [4.78, 5) is 0. The molecule has 0 bridgehead atoms. The Morgan fingerprint density at radius 3 is 2.39 bits per heavy atom. The van der Waals surface area contributed by atoms with E-state index in [-0.39, 0.29) is 0 Å². The highest BCUT2D eigenvalue weighted by Crippen LogP contribution is 2.36. The molecule has 2 aromatic carbocycles. The maximum Gasteiger partial charge on any atom is 0.0835 e. The van der Waals surface area contributed by atoms with E-state index in [1.54, 1.807) is 0 Å². The average Bonchev–Trinajstić information content (AvgIpc) is 2.37. The van der Waals surface area contributed by atoms with Gasteiger partial charge in [0.1, 0.15) is 0 Å². The van der Waals surface area contributed by atoms with E-state index in [1.165, 1.54) is 0 Å². The van der Waals surface area contributed by atoms with Crippen LogP contribution >= 0.6 is 50.7 Å². The maximum absolute atomic E-state index is 6.15. The van der Waals surface area contributed by atoms with Crippen molar-refractivity contribution in [1.29, 1.82) is 0 Å². The third-order valence-corrected chi connectivity index (χ3v) is 4.60. The Kier molecular flexibility index (Phi) is 4.79. The SMILES string of the molecule is Clc1ccccc1CNc1ccc(Br)c(Cl)c1Cl. The van der Waals surface area contributed by atoms with Crippen LogP contribution in [0.4, 0.5) is 5.69 Å². The summed E-state index contributed by atoms with van der Waals surface area (Å²) < 4.78 is 0.775. The number of rotatable bonds is 3. The first-order valence-electron chi connectivity index (χ1n) is 5.20. The molecule has 2 rings (SSSR count). The number of halogens is 4. The fourth-order valence-corrected chi connectivity index (χ4v) is 2.54. The molecule has 0 spiro atoms. The van der Waals surface area contributed by atoms with Gasteiger partial charge in [-0.2, -0.15) is 0 Å². The Balaban J connectivity index is 2.17. The summed E-state index contributed by atoms with van der Waals surface area (Å²) in [6.45, 7) is 0.595. The van der Waals surface area contributed by atoms with Crippen LogP contribution in [0.1, 0.15) is 5.56 Å². The summed E-state index contributed by atoms with van der Waals surface area (Å²) >= 11 is 21.6. The Morgan fingerprint density at radius 2 is 1.67 bits per heavy atom. The highest BCUT2D eigenvalue weighted by molar-refractivity contribution is 9.10. The molecule has 2 aromatic rings. The quantitative estimate of drug-likeness (QED) is 0.656. The molecule has 1 N–H and O–H groups in total. The smallest absolute Gasteiger partial charge is 0.0835 e. The van der Waals surface area contributed by atoms with Gasteiger partial charge in [0.2, 0.25) is 0 Å². The van der Waals surface area contributed by atoms with Crippen molar-refractivity contribution in [2.75, 3.05) is 5.32 Å². The van der Waals surface area contributed by atoms with Crippen molar-refractivity contribution in [3.63, 3.8) is 0 Å². The molecule has 0 unspecified atom stereocenters. The second-order valence-electron chi connectivity index (χ2n) is 3.67. The first-order chi connectivity index (χ1) is 8.59. The minimum absolute atomic E-state index is 0.498. The summed E-state index contributed by atoms with van der Waals surface area (Å²) in [6, 6.07) is 11.4. The van der Waals surface area contributed by atoms with Gasteiger partial charge in [-0.05, 0) is 39.7 Å². The second kappa shape index (κ2) is 6.16. The molecule has 0 heterocycles. The topological polar surface area (TPSA) is 12.0 Å². The van der Waals surface area contributed by atoms with E-state index in [1.807, 2.05) is 36.4 Å². The van der Waals surface area contributed by atoms with E-state index in [9.17, 15) is 0 Å². The fraction of sp³-hybridized carbons (Fsp3) is 0.0769. The standard InChI is InChI=1S/C13H9BrCl3N/c14-9-5-6-11(13(17)12(9)16)18-7-8-3-1-2-4-10(8)15/h1-6,18H,7H2. The van der Waals surface area contributed by atoms with Crippen LogP contribution in [0.3, 0.4) is 0 Å². The first-order valence-corrected chi connectivity index (χ1v) is 7.13. The summed E-state index contributed by atoms with van der Waals surface area (Å²) in [5.41, 5.74) is 1.79. The Hall–Kier alpha value is -0.410. The maximum atomic E-state index is 6.15. The molecule has 5 heteroatoms. The summed E-state index contributed by atoms with van der Waals surface area (Å²) in [7, 11) is 0. The average molecular weight is 365 g/mol. The van der Waals surface area contributed by atoms with Crippen molar-refractivity contribution >= 4 is 56.4 Å². The Morgan fingerprint density at radius 1 is 0.944 bits per heavy atom. The third-order valence-electron chi connectivity index (χ3n) is 2.46. The molecule has 0 radical (unpaired) electrons. The molecule has 0 saturated heterocycles. The molecule has 0 aliphatic rings. The zero-order chi connectivity index (χ0) is 13.1. The molecule has 0 aliphatic carbocycles. The molecule has 0 aliphatic heterocycles. The van der Waals surface area contributed by atoms with E-state index in [0.717, 1.165) is 20.7 Å². The van der Waals surface area contributed by atoms with Crippen molar-refractivity contribution in [3.8, 4) is 0 Å². The van der Waals surface area contributed by atoms with Crippen LogP contribution in [0.25, 0.3) is 0 Å². The highest BCUT2D eigenvalue weighted by Gasteiger charge is 2.08. The zero-order valence-electron chi connectivity index (χ0n) is 9.18. The van der Waals surface area contributed by atoms with Gasteiger partial charge in [0.05, 0.1) is 15.7 Å². The fourth-order valence-electron chi connectivity index (χ4n) is 1.49. The van der Waals surface area contributed by atoms with E-state index in [2.05, 4.69) is 21.2 Å². The van der Waals surface area contributed by atoms with Crippen LogP contribution in [-0.2, 0) is 6.54 Å². The molecule has 0 fully saturated rings. The van der Waals surface area contributed by atoms with Gasteiger partial charge < -0.3 is 5.32 Å². The molecule has 0 atom stereocenters. The van der Waals surface area contributed by atoms with E-state index >= 15 is 0 Å². The minimum atomic E-state index is 0.498. The lowest BCUT2D eigenvalue weighted by atomic mass is 10.2. The van der Waals surface area contributed by atoms with Crippen molar-refractivity contribution < 1.29 is 0 Å². The zero-order valence-corrected chi connectivity index (χ0v) is 13.0. The molecular weight excluding hydrogens is 356 g/mol. The van der Waals surface area contributed by atoms with Crippen LogP contribution < -0.4 is 5.32 Å². The van der Waals surface area contributed by atoms with Crippen molar-refractivity contribution in [2.24, 2.45) is 0 Å². The van der Waals surface area contributed by atoms with E-state index in [0.29, 0.717) is 16.6 Å². The van der Waals surface area contributed by atoms with Crippen LogP contribution in [0.15, 0.2) is 40.9 Å². The molecule has 1 nitrogen and oxygen atoms in total. The van der Waals surface area contributed by atoms with Gasteiger partial charge in [0.15, 0.2) is 0 Å². The summed E-state index contributed by atoms with van der Waals surface area (Å²) in [6.07, 6.45) is 0. The number of benzene rings is 2. The van der Waals surface area contributed by atoms with Crippen molar-refractivity contribution in [1.82, 2.24) is 0 Å². The molecule has 0 amide bonds. The summed E-state index contributed by atoms with van der Waals surface area (Å²) in [5.74, 6) is 0. The number of hydrogen-bond acceptors (Lipinski definition) is 1. The van der Waals surface area contributed by atoms with Crippen molar-refractivity contribution in [3.05, 3.63) is 61.5 Å². The lowest BCUT2D eigenvalue weighted by molar-refractivity contribution is 1.15. The number of nitrogens with one attached hydrogen (secondary N) is 1. The van der Waals surface area contributed by atoms with E-state index < -0.39 is 0 Å². The largest absolute Gasteiger partial charge is 0.380 e. The summed E-state index contributed by atoms with van der Waals surface area (Å²) in [5, 5.41) is 4.94. The van der Waals surface area contributed by atoms with Gasteiger partial charge in [-0.25, -0.2) is 0 Å². The van der Waals surface area contributed by atoms with Gasteiger partial charge >= 0.3 is 0 Å². The first kappa shape index (κ1) is 14.0. The van der Waals surface area contributed by atoms with Crippen LogP contribution in [-0.4, -0.2) is 0 Å². The van der Waals surface area contributed by atoms with Gasteiger partial charge in [0, 0.05) is 16.0 Å². The molecule has 0 aromatic heterocycles. The van der Waals surface area contributed by atoms with Crippen LogP contribution in [0.2, 0.25) is 15.1 Å². The predicted molar refractivity (Wildman–Crippen MR) is 82.9 cm³/mol. The van der Waals surface area contributed by atoms with Gasteiger partial charge in [-0.3, -0.25) is 0 Å². The molecule has 0 saturated carbocycles. The van der Waals surface area contributed by atoms with Crippen LogP contribution in [0, 0.1) is 0 Å². The lowest BCUT2D eigenvalue weighted by Crippen LogP contribution is -2.00. The highest BCUT2D eigenvalue weighted by atomic mass is 79.9. The molecule has 18 heavy (non-hydrogen) atoms. The number of anilines is 1. The number of hydrogen-bond donors (Lipinski definition) is 1. The van der Waals surface area contributed by atoms with Gasteiger partial charge in [-0.1, -0.05) is 53.0 Å². The minimum Gasteiger partial charge on any atom is -0.380 e. The van der Waals surface area contributed by atoms with Gasteiger partial charge in [-0.15, -0.1) is 0 Å². The Labute approximate surface area is 129 Å². The third kappa shape index (κ3) is 3.12.